The summed E-state index contributed by atoms with van der Waals surface area (Å²) in [6.07, 6.45) is 5.46. The molecule has 0 unspecified atom stereocenters. The summed E-state index contributed by atoms with van der Waals surface area (Å²) in [7, 11) is 0. The summed E-state index contributed by atoms with van der Waals surface area (Å²) in [6.45, 7) is 7.33. The summed E-state index contributed by atoms with van der Waals surface area (Å²) in [5.41, 5.74) is 3.00. The molecule has 3 aromatic carbocycles. The van der Waals surface area contributed by atoms with E-state index in [0.29, 0.717) is 25.7 Å². The Morgan fingerprint density at radius 1 is 0.682 bits per heavy atom. The number of rotatable bonds is 19. The van der Waals surface area contributed by atoms with Crippen LogP contribution in [0.25, 0.3) is 0 Å². The zero-order valence-electron chi connectivity index (χ0n) is 25.3. The van der Waals surface area contributed by atoms with Crippen molar-refractivity contribution in [3.63, 3.8) is 0 Å². The third-order valence-corrected chi connectivity index (χ3v) is 7.37. The molecule has 0 heterocycles. The SMILES string of the molecule is C=CC[C@H](CC(=O)N[C@@H](CO)Cc1ccccc1)C(=O)N[C@@H](COC(=O)[C@@H](CC=C)Cc1ccccc1)Cc1ccccc1. The molecule has 3 aromatic rings. The van der Waals surface area contributed by atoms with E-state index in [4.69, 9.17) is 4.74 Å². The third-order valence-electron chi connectivity index (χ3n) is 7.37. The van der Waals surface area contributed by atoms with Crippen molar-refractivity contribution in [2.45, 2.75) is 50.6 Å². The van der Waals surface area contributed by atoms with Crippen LogP contribution in [0.2, 0.25) is 0 Å². The summed E-state index contributed by atoms with van der Waals surface area (Å²) >= 11 is 0. The fourth-order valence-corrected chi connectivity index (χ4v) is 5.09. The average molecular weight is 597 g/mol. The van der Waals surface area contributed by atoms with Crippen LogP contribution in [0.5, 0.6) is 0 Å². The van der Waals surface area contributed by atoms with Crippen LogP contribution in [0.1, 0.15) is 36.0 Å². The highest BCUT2D eigenvalue weighted by Crippen LogP contribution is 2.17. The van der Waals surface area contributed by atoms with Crippen molar-refractivity contribution >= 4 is 17.8 Å². The molecule has 0 spiro atoms. The number of amides is 2. The van der Waals surface area contributed by atoms with Gasteiger partial charge in [-0.2, -0.15) is 0 Å². The van der Waals surface area contributed by atoms with Crippen LogP contribution in [-0.4, -0.2) is 48.2 Å². The Labute approximate surface area is 261 Å². The first-order chi connectivity index (χ1) is 21.4. The second kappa shape index (κ2) is 18.9. The van der Waals surface area contributed by atoms with Gasteiger partial charge < -0.3 is 20.5 Å². The molecule has 0 aliphatic rings. The van der Waals surface area contributed by atoms with Crippen LogP contribution in [0.15, 0.2) is 116 Å². The highest BCUT2D eigenvalue weighted by Gasteiger charge is 2.26. The van der Waals surface area contributed by atoms with Crippen molar-refractivity contribution in [1.82, 2.24) is 10.6 Å². The van der Waals surface area contributed by atoms with Crippen LogP contribution >= 0.6 is 0 Å². The van der Waals surface area contributed by atoms with Crippen molar-refractivity contribution < 1.29 is 24.2 Å². The summed E-state index contributed by atoms with van der Waals surface area (Å²) in [4.78, 5) is 39.6. The van der Waals surface area contributed by atoms with Crippen LogP contribution in [0.4, 0.5) is 0 Å². The van der Waals surface area contributed by atoms with Crippen molar-refractivity contribution in [1.29, 1.82) is 0 Å². The Hall–Kier alpha value is -4.49. The van der Waals surface area contributed by atoms with Crippen LogP contribution in [0, 0.1) is 11.8 Å². The topological polar surface area (TPSA) is 105 Å². The highest BCUT2D eigenvalue weighted by atomic mass is 16.5. The number of aliphatic hydroxyl groups is 1. The fraction of sp³-hybridized carbons (Fsp3) is 0.324. The van der Waals surface area contributed by atoms with E-state index in [1.165, 1.54) is 0 Å². The van der Waals surface area contributed by atoms with E-state index in [1.807, 2.05) is 91.0 Å². The number of nitrogens with one attached hydrogen (secondary N) is 2. The second-order valence-electron chi connectivity index (χ2n) is 11.0. The van der Waals surface area contributed by atoms with Gasteiger partial charge in [-0.25, -0.2) is 0 Å². The van der Waals surface area contributed by atoms with Crippen molar-refractivity contribution in [2.75, 3.05) is 13.2 Å². The maximum Gasteiger partial charge on any atom is 0.309 e. The number of hydrogen-bond donors (Lipinski definition) is 3. The molecule has 0 saturated heterocycles. The predicted octanol–water partition coefficient (Wildman–Crippen LogP) is 4.99. The van der Waals surface area contributed by atoms with Gasteiger partial charge in [-0.15, -0.1) is 13.2 Å². The van der Waals surface area contributed by atoms with Crippen LogP contribution < -0.4 is 10.6 Å². The number of hydrogen-bond acceptors (Lipinski definition) is 5. The van der Waals surface area contributed by atoms with Gasteiger partial charge in [-0.05, 0) is 48.8 Å². The number of esters is 1. The van der Waals surface area contributed by atoms with E-state index >= 15 is 0 Å². The first-order valence-corrected chi connectivity index (χ1v) is 15.1. The lowest BCUT2D eigenvalue weighted by Crippen LogP contribution is -2.45. The predicted molar refractivity (Wildman–Crippen MR) is 174 cm³/mol. The van der Waals surface area contributed by atoms with E-state index in [2.05, 4.69) is 23.8 Å². The summed E-state index contributed by atoms with van der Waals surface area (Å²) in [5, 5.41) is 15.7. The number of ether oxygens (including phenoxy) is 1. The van der Waals surface area contributed by atoms with Crippen LogP contribution in [0.3, 0.4) is 0 Å². The van der Waals surface area contributed by atoms with E-state index in [0.717, 1.165) is 16.7 Å². The zero-order valence-corrected chi connectivity index (χ0v) is 25.3. The minimum absolute atomic E-state index is 0.0153. The third kappa shape index (κ3) is 12.0. The van der Waals surface area contributed by atoms with Gasteiger partial charge in [0.05, 0.1) is 30.5 Å². The first kappa shape index (κ1) is 34.0. The van der Waals surface area contributed by atoms with Crippen LogP contribution in [-0.2, 0) is 38.4 Å². The second-order valence-corrected chi connectivity index (χ2v) is 11.0. The number of carbonyl (C=O) groups is 3. The molecule has 3 N–H and O–H groups in total. The number of aliphatic hydroxyl groups excluding tert-OH is 1. The molecule has 232 valence electrons. The number of benzene rings is 3. The normalized spacial score (nSPS) is 13.5. The minimum Gasteiger partial charge on any atom is -0.463 e. The van der Waals surface area contributed by atoms with Gasteiger partial charge in [0.25, 0.3) is 0 Å². The van der Waals surface area contributed by atoms with Gasteiger partial charge in [0.1, 0.15) is 6.61 Å². The molecule has 7 heteroatoms. The Balaban J connectivity index is 1.65. The lowest BCUT2D eigenvalue weighted by atomic mass is 9.96. The first-order valence-electron chi connectivity index (χ1n) is 15.1. The fourth-order valence-electron chi connectivity index (χ4n) is 5.09. The molecule has 4 atom stereocenters. The molecule has 0 saturated carbocycles. The van der Waals surface area contributed by atoms with Crippen molar-refractivity contribution in [3.05, 3.63) is 133 Å². The highest BCUT2D eigenvalue weighted by molar-refractivity contribution is 5.86. The Morgan fingerprint density at radius 2 is 1.16 bits per heavy atom. The lowest BCUT2D eigenvalue weighted by molar-refractivity contribution is -0.149. The van der Waals surface area contributed by atoms with Gasteiger partial charge >= 0.3 is 5.97 Å². The monoisotopic (exact) mass is 596 g/mol. The van der Waals surface area contributed by atoms with Gasteiger partial charge in [-0.3, -0.25) is 14.4 Å². The number of allylic oxidation sites excluding steroid dienone is 2. The van der Waals surface area contributed by atoms with Gasteiger partial charge in [-0.1, -0.05) is 103 Å². The number of carbonyl (C=O) groups excluding carboxylic acids is 3. The Bertz CT molecular complexity index is 1310. The van der Waals surface area contributed by atoms with E-state index in [-0.39, 0.29) is 43.8 Å². The molecule has 0 bridgehead atoms. The molecule has 3 rings (SSSR count). The van der Waals surface area contributed by atoms with E-state index in [9.17, 15) is 19.5 Å². The molecule has 7 nitrogen and oxygen atoms in total. The van der Waals surface area contributed by atoms with E-state index < -0.39 is 23.9 Å². The minimum atomic E-state index is -0.677. The molecule has 0 aromatic heterocycles. The maximum atomic E-state index is 13.5. The molecule has 0 aliphatic carbocycles. The molecule has 2 amide bonds. The Morgan fingerprint density at radius 3 is 1.66 bits per heavy atom. The summed E-state index contributed by atoms with van der Waals surface area (Å²) in [5.74, 6) is -2.08. The molecule has 0 radical (unpaired) electrons. The molecule has 0 aliphatic heterocycles. The van der Waals surface area contributed by atoms with Gasteiger partial charge in [0, 0.05) is 6.42 Å². The smallest absolute Gasteiger partial charge is 0.309 e. The Kier molecular flexibility index (Phi) is 14.6. The quantitative estimate of drug-likeness (QED) is 0.134. The van der Waals surface area contributed by atoms with Crippen molar-refractivity contribution in [3.8, 4) is 0 Å². The summed E-state index contributed by atoms with van der Waals surface area (Å²) < 4.78 is 5.78. The largest absolute Gasteiger partial charge is 0.463 e. The molecule has 0 fully saturated rings. The summed E-state index contributed by atoms with van der Waals surface area (Å²) in [6, 6.07) is 28.0. The van der Waals surface area contributed by atoms with E-state index in [1.54, 1.807) is 12.2 Å². The van der Waals surface area contributed by atoms with Gasteiger partial charge in [0.15, 0.2) is 0 Å². The zero-order chi connectivity index (χ0) is 31.6. The molecular weight excluding hydrogens is 552 g/mol. The molecular formula is C37H44N2O5. The van der Waals surface area contributed by atoms with Crippen molar-refractivity contribution in [2.24, 2.45) is 11.8 Å². The average Bonchev–Trinajstić information content (AvgIpc) is 3.04. The van der Waals surface area contributed by atoms with Gasteiger partial charge in [0.2, 0.25) is 11.8 Å². The standard InChI is InChI=1S/C37H44N2O5/c1-3-14-31(25-35(41)38-33(26-40)23-29-18-10-6-11-19-29)36(42)39-34(24-30-20-12-7-13-21-30)27-44-37(43)32(15-4-2)22-28-16-8-5-9-17-28/h3-13,16-21,31-34,40H,1-2,14-15,22-27H2,(H,38,41)(H,39,42)/t31-,32+,33-,34-/m1/s1. The molecule has 44 heavy (non-hydrogen) atoms. The lowest BCUT2D eigenvalue weighted by Gasteiger charge is -2.24. The maximum absolute atomic E-state index is 13.5.